The van der Waals surface area contributed by atoms with E-state index in [0.717, 1.165) is 31.8 Å². The van der Waals surface area contributed by atoms with Crippen molar-refractivity contribution >= 4 is 46.0 Å². The summed E-state index contributed by atoms with van der Waals surface area (Å²) in [5, 5.41) is 6.73. The summed E-state index contributed by atoms with van der Waals surface area (Å²) in [7, 11) is 3.93. The first-order valence-electron chi connectivity index (χ1n) is 13.8. The number of H-pyrrole nitrogens is 1. The highest BCUT2D eigenvalue weighted by molar-refractivity contribution is 6.19. The summed E-state index contributed by atoms with van der Waals surface area (Å²) in [5.41, 5.74) is 3.85. The molecule has 4 aromatic rings. The summed E-state index contributed by atoms with van der Waals surface area (Å²) >= 11 is 0. The molecule has 0 spiro atoms. The number of hydrogen-bond acceptors (Lipinski definition) is 5. The van der Waals surface area contributed by atoms with Crippen molar-refractivity contribution < 1.29 is 19.2 Å². The Balaban J connectivity index is 1.38. The number of fused-ring (bicyclic) bond motifs is 1. The number of benzene rings is 3. The molecule has 1 fully saturated rings. The molecule has 10 nitrogen and oxygen atoms in total. The van der Waals surface area contributed by atoms with E-state index in [4.69, 9.17) is 0 Å². The number of nitrogens with one attached hydrogen (secondary N) is 3. The highest BCUT2D eigenvalue weighted by atomic mass is 16.2. The molecule has 2 atom stereocenters. The molecule has 5 rings (SSSR count). The van der Waals surface area contributed by atoms with Crippen molar-refractivity contribution in [1.29, 1.82) is 0 Å². The van der Waals surface area contributed by atoms with Gasteiger partial charge in [-0.15, -0.1) is 0 Å². The fraction of sp³-hybridized carbons (Fsp3) is 0.250. The lowest BCUT2D eigenvalue weighted by Gasteiger charge is -2.34. The molecule has 1 aliphatic heterocycles. The monoisotopic (exact) mass is 566 g/mol. The first-order valence-corrected chi connectivity index (χ1v) is 13.8. The lowest BCUT2D eigenvalue weighted by molar-refractivity contribution is -0.130. The maximum absolute atomic E-state index is 13.8. The molecule has 2 heterocycles. The summed E-state index contributed by atoms with van der Waals surface area (Å²) in [6.07, 6.45) is 1.84. The van der Waals surface area contributed by atoms with Crippen LogP contribution in [0.4, 0.5) is 16.2 Å². The van der Waals surface area contributed by atoms with Crippen LogP contribution in [0.3, 0.4) is 0 Å². The Morgan fingerprint density at radius 3 is 2.33 bits per heavy atom. The van der Waals surface area contributed by atoms with Crippen LogP contribution in [-0.4, -0.2) is 71.8 Å². The van der Waals surface area contributed by atoms with Crippen LogP contribution < -0.4 is 15.5 Å². The van der Waals surface area contributed by atoms with E-state index in [2.05, 4.69) is 15.6 Å². The van der Waals surface area contributed by atoms with Crippen LogP contribution in [0.1, 0.15) is 24.0 Å². The van der Waals surface area contributed by atoms with Crippen LogP contribution in [-0.2, 0) is 20.9 Å². The molecule has 216 valence electrons. The number of carbonyl (C=O) groups excluding carboxylic acids is 4. The van der Waals surface area contributed by atoms with Crippen LogP contribution in [0.5, 0.6) is 0 Å². The molecule has 1 aromatic heterocycles. The van der Waals surface area contributed by atoms with Crippen LogP contribution in [0.15, 0.2) is 85.1 Å². The van der Waals surface area contributed by atoms with Gasteiger partial charge < -0.3 is 25.4 Å². The molecule has 0 saturated carbocycles. The number of aromatic nitrogens is 1. The van der Waals surface area contributed by atoms with Crippen LogP contribution >= 0.6 is 0 Å². The predicted octanol–water partition coefficient (Wildman–Crippen LogP) is 3.93. The largest absolute Gasteiger partial charge is 0.361 e. The molecule has 3 N–H and O–H groups in total. The number of para-hydroxylation sites is 2. The van der Waals surface area contributed by atoms with Crippen LogP contribution in [0, 0.1) is 0 Å². The summed E-state index contributed by atoms with van der Waals surface area (Å²) in [4.78, 5) is 60.7. The van der Waals surface area contributed by atoms with E-state index in [1.807, 2.05) is 74.6 Å². The van der Waals surface area contributed by atoms with Gasteiger partial charge in [0.25, 0.3) is 11.8 Å². The zero-order valence-electron chi connectivity index (χ0n) is 23.8. The summed E-state index contributed by atoms with van der Waals surface area (Å²) in [5.74, 6) is -1.90. The second-order valence-corrected chi connectivity index (χ2v) is 10.7. The molecule has 5 amide bonds. The fourth-order valence-corrected chi connectivity index (χ4v) is 5.30. The highest BCUT2D eigenvalue weighted by Crippen LogP contribution is 2.29. The van der Waals surface area contributed by atoms with Gasteiger partial charge in [-0.1, -0.05) is 55.5 Å². The first-order chi connectivity index (χ1) is 20.2. The Bertz CT molecular complexity index is 1600. The van der Waals surface area contributed by atoms with E-state index in [-0.39, 0.29) is 13.1 Å². The Morgan fingerprint density at radius 2 is 1.62 bits per heavy atom. The third-order valence-electron chi connectivity index (χ3n) is 7.32. The molecule has 3 aromatic carbocycles. The standard InChI is InChI=1S/C32H34N6O4/c1-21(26-17-33-27-15-8-7-14-25(26)27)30(31(41)34-23-11-9-10-22(16-23)18-36(2)3)35-32(42)37-19-28(39)38(29(40)20-37)24-12-5-4-6-13-24/h4-17,21,30,33H,18-20H2,1-3H3,(H,34,41)(H,35,42)/t21-,30+/m0/s1. The van der Waals surface area contributed by atoms with Gasteiger partial charge in [-0.3, -0.25) is 14.4 Å². The maximum Gasteiger partial charge on any atom is 0.319 e. The fourth-order valence-electron chi connectivity index (χ4n) is 5.30. The Labute approximate surface area is 244 Å². The summed E-state index contributed by atoms with van der Waals surface area (Å²) in [6.45, 7) is 1.97. The van der Waals surface area contributed by atoms with Gasteiger partial charge in [0.1, 0.15) is 19.1 Å². The van der Waals surface area contributed by atoms with Gasteiger partial charge in [0.2, 0.25) is 5.91 Å². The molecule has 0 radical (unpaired) electrons. The topological polar surface area (TPSA) is 118 Å². The molecule has 42 heavy (non-hydrogen) atoms. The average molecular weight is 567 g/mol. The number of hydrogen-bond donors (Lipinski definition) is 3. The third kappa shape index (κ3) is 6.18. The maximum atomic E-state index is 13.8. The van der Waals surface area contributed by atoms with E-state index in [1.54, 1.807) is 36.4 Å². The molecule has 0 aliphatic carbocycles. The molecule has 0 bridgehead atoms. The van der Waals surface area contributed by atoms with Gasteiger partial charge in [0, 0.05) is 35.2 Å². The van der Waals surface area contributed by atoms with Crippen molar-refractivity contribution in [3.05, 3.63) is 96.2 Å². The zero-order chi connectivity index (χ0) is 29.8. The van der Waals surface area contributed by atoms with E-state index < -0.39 is 35.7 Å². The van der Waals surface area contributed by atoms with Gasteiger partial charge >= 0.3 is 6.03 Å². The second kappa shape index (κ2) is 12.3. The van der Waals surface area contributed by atoms with E-state index >= 15 is 0 Å². The number of piperazine rings is 1. The molecule has 1 saturated heterocycles. The van der Waals surface area contributed by atoms with Gasteiger partial charge in [0.15, 0.2) is 0 Å². The molecule has 10 heteroatoms. The minimum absolute atomic E-state index is 0.297. The van der Waals surface area contributed by atoms with E-state index in [1.165, 1.54) is 0 Å². The van der Waals surface area contributed by atoms with Crippen molar-refractivity contribution in [1.82, 2.24) is 20.1 Å². The van der Waals surface area contributed by atoms with Crippen molar-refractivity contribution in [3.63, 3.8) is 0 Å². The SMILES string of the molecule is C[C@@H](c1c[nH]c2ccccc12)[C@@H](NC(=O)N1CC(=O)N(c2ccccc2)C(=O)C1)C(=O)Nc1cccc(CN(C)C)c1. The minimum Gasteiger partial charge on any atom is -0.361 e. The van der Waals surface area contributed by atoms with E-state index in [0.29, 0.717) is 17.9 Å². The third-order valence-corrected chi connectivity index (χ3v) is 7.32. The van der Waals surface area contributed by atoms with Gasteiger partial charge in [-0.2, -0.15) is 0 Å². The Morgan fingerprint density at radius 1 is 0.929 bits per heavy atom. The van der Waals surface area contributed by atoms with Gasteiger partial charge in [0.05, 0.1) is 5.69 Å². The second-order valence-electron chi connectivity index (χ2n) is 10.7. The lowest BCUT2D eigenvalue weighted by Crippen LogP contribution is -2.60. The Hall–Kier alpha value is -4.96. The average Bonchev–Trinajstić information content (AvgIpc) is 3.40. The lowest BCUT2D eigenvalue weighted by atomic mass is 9.92. The van der Waals surface area contributed by atoms with Crippen molar-refractivity contribution in [2.75, 3.05) is 37.4 Å². The van der Waals surface area contributed by atoms with Crippen LogP contribution in [0.25, 0.3) is 10.9 Å². The Kier molecular flexibility index (Phi) is 8.35. The van der Waals surface area contributed by atoms with E-state index in [9.17, 15) is 19.2 Å². The minimum atomic E-state index is -1.01. The summed E-state index contributed by atoms with van der Waals surface area (Å²) < 4.78 is 0. The number of aromatic amines is 1. The summed E-state index contributed by atoms with van der Waals surface area (Å²) in [6, 6.07) is 22.2. The smallest absolute Gasteiger partial charge is 0.319 e. The van der Waals surface area contributed by atoms with Crippen molar-refractivity contribution in [3.8, 4) is 0 Å². The zero-order valence-corrected chi connectivity index (χ0v) is 23.8. The number of anilines is 2. The molecule has 1 aliphatic rings. The number of carbonyl (C=O) groups is 4. The molecule has 0 unspecified atom stereocenters. The van der Waals surface area contributed by atoms with Crippen molar-refractivity contribution in [2.45, 2.75) is 25.4 Å². The van der Waals surface area contributed by atoms with Crippen LogP contribution in [0.2, 0.25) is 0 Å². The number of nitrogens with zero attached hydrogens (tertiary/aromatic N) is 3. The number of imide groups is 1. The highest BCUT2D eigenvalue weighted by Gasteiger charge is 2.37. The first kappa shape index (κ1) is 28.6. The normalized spacial score (nSPS) is 15.1. The number of urea groups is 1. The number of amides is 5. The molecular formula is C32H34N6O4. The molecular weight excluding hydrogens is 532 g/mol. The van der Waals surface area contributed by atoms with Gasteiger partial charge in [-0.25, -0.2) is 9.69 Å². The van der Waals surface area contributed by atoms with Gasteiger partial charge in [-0.05, 0) is 55.6 Å². The quantitative estimate of drug-likeness (QED) is 0.280. The number of rotatable bonds is 8. The predicted molar refractivity (Wildman–Crippen MR) is 162 cm³/mol. The van der Waals surface area contributed by atoms with Crippen molar-refractivity contribution in [2.24, 2.45) is 0 Å².